The molecule has 118 valence electrons. The summed E-state index contributed by atoms with van der Waals surface area (Å²) in [5, 5.41) is 9.09. The van der Waals surface area contributed by atoms with E-state index in [0.717, 1.165) is 34.3 Å². The minimum atomic E-state index is 0.0422. The van der Waals surface area contributed by atoms with Gasteiger partial charge in [0.1, 0.15) is 5.65 Å². The zero-order chi connectivity index (χ0) is 15.8. The van der Waals surface area contributed by atoms with Gasteiger partial charge in [0.05, 0.1) is 5.69 Å². The van der Waals surface area contributed by atoms with Gasteiger partial charge in [-0.2, -0.15) is 0 Å². The van der Waals surface area contributed by atoms with Crippen molar-refractivity contribution in [2.24, 2.45) is 0 Å². The molecule has 0 unspecified atom stereocenters. The van der Waals surface area contributed by atoms with Gasteiger partial charge in [0.2, 0.25) is 11.0 Å². The van der Waals surface area contributed by atoms with Crippen molar-refractivity contribution >= 4 is 39.8 Å². The van der Waals surface area contributed by atoms with E-state index in [-0.39, 0.29) is 5.91 Å². The molecule has 0 atom stereocenters. The zero-order valence-corrected chi connectivity index (χ0v) is 14.2. The third kappa shape index (κ3) is 3.09. The van der Waals surface area contributed by atoms with Crippen molar-refractivity contribution in [3.63, 3.8) is 0 Å². The molecule has 0 aromatic carbocycles. The molecular weight excluding hydrogens is 330 g/mol. The molecule has 3 aromatic rings. The van der Waals surface area contributed by atoms with Gasteiger partial charge in [-0.05, 0) is 25.0 Å². The number of rotatable bonds is 5. The quantitative estimate of drug-likeness (QED) is 0.525. The number of amides is 1. The van der Waals surface area contributed by atoms with Crippen LogP contribution in [0, 0.1) is 0 Å². The molecule has 1 aliphatic rings. The van der Waals surface area contributed by atoms with Crippen LogP contribution < -0.4 is 4.90 Å². The summed E-state index contributed by atoms with van der Waals surface area (Å²) in [6, 6.07) is 6.26. The lowest BCUT2D eigenvalue weighted by Crippen LogP contribution is -2.30. The van der Waals surface area contributed by atoms with Crippen molar-refractivity contribution in [2.75, 3.05) is 4.90 Å². The number of thioether (sulfide) groups is 1. The molecule has 8 heteroatoms. The number of pyridine rings is 1. The Morgan fingerprint density at radius 3 is 3.04 bits per heavy atom. The number of imidazole rings is 1. The van der Waals surface area contributed by atoms with Crippen LogP contribution in [0.3, 0.4) is 0 Å². The summed E-state index contributed by atoms with van der Waals surface area (Å²) >= 11 is 3.08. The fourth-order valence-corrected chi connectivity index (χ4v) is 4.27. The van der Waals surface area contributed by atoms with E-state index in [1.807, 2.05) is 35.0 Å². The number of hydrogen-bond acceptors (Lipinski definition) is 6. The van der Waals surface area contributed by atoms with E-state index in [1.54, 1.807) is 23.6 Å². The van der Waals surface area contributed by atoms with Crippen molar-refractivity contribution in [2.45, 2.75) is 35.9 Å². The number of hydrogen-bond donors (Lipinski definition) is 0. The molecule has 1 aliphatic carbocycles. The van der Waals surface area contributed by atoms with Crippen LogP contribution >= 0.6 is 23.1 Å². The van der Waals surface area contributed by atoms with Gasteiger partial charge in [-0.1, -0.05) is 29.2 Å². The van der Waals surface area contributed by atoms with Crippen molar-refractivity contribution in [3.8, 4) is 0 Å². The maximum absolute atomic E-state index is 11.8. The summed E-state index contributed by atoms with van der Waals surface area (Å²) in [6.45, 7) is 1.59. The van der Waals surface area contributed by atoms with Crippen molar-refractivity contribution in [1.29, 1.82) is 0 Å². The highest BCUT2D eigenvalue weighted by Crippen LogP contribution is 2.36. The fourth-order valence-electron chi connectivity index (χ4n) is 2.43. The Hall–Kier alpha value is -1.93. The summed E-state index contributed by atoms with van der Waals surface area (Å²) < 4.78 is 2.87. The van der Waals surface area contributed by atoms with Gasteiger partial charge in [0, 0.05) is 31.1 Å². The summed E-state index contributed by atoms with van der Waals surface area (Å²) in [6.07, 6.45) is 6.13. The van der Waals surface area contributed by atoms with Gasteiger partial charge >= 0.3 is 0 Å². The van der Waals surface area contributed by atoms with Crippen LogP contribution in [0.5, 0.6) is 0 Å². The lowest BCUT2D eigenvalue weighted by Gasteiger charge is -2.15. The molecule has 0 saturated heterocycles. The largest absolute Gasteiger partial charge is 0.307 e. The summed E-state index contributed by atoms with van der Waals surface area (Å²) in [7, 11) is 0. The minimum Gasteiger partial charge on any atom is -0.307 e. The molecule has 0 bridgehead atoms. The lowest BCUT2D eigenvalue weighted by molar-refractivity contribution is -0.116. The van der Waals surface area contributed by atoms with Gasteiger partial charge in [-0.15, -0.1) is 10.2 Å². The molecule has 0 spiro atoms. The summed E-state index contributed by atoms with van der Waals surface area (Å²) in [5.74, 6) is 0.778. The Balaban J connectivity index is 1.46. The second-order valence-corrected chi connectivity index (χ2v) is 7.64. The first kappa shape index (κ1) is 14.6. The molecule has 3 aromatic heterocycles. The van der Waals surface area contributed by atoms with E-state index < -0.39 is 0 Å². The number of carbonyl (C=O) groups excluding carboxylic acids is 1. The van der Waals surface area contributed by atoms with Crippen LogP contribution in [0.4, 0.5) is 5.13 Å². The van der Waals surface area contributed by atoms with E-state index >= 15 is 0 Å². The molecular formula is C15H15N5OS2. The van der Waals surface area contributed by atoms with Crippen LogP contribution in [-0.2, 0) is 10.5 Å². The minimum absolute atomic E-state index is 0.0422. The molecule has 0 radical (unpaired) electrons. The highest BCUT2D eigenvalue weighted by atomic mass is 32.2. The van der Waals surface area contributed by atoms with E-state index in [2.05, 4.69) is 15.2 Å². The molecule has 6 nitrogen and oxygen atoms in total. The van der Waals surface area contributed by atoms with E-state index in [1.165, 1.54) is 11.3 Å². The van der Waals surface area contributed by atoms with Gasteiger partial charge in [0.15, 0.2) is 4.34 Å². The summed E-state index contributed by atoms with van der Waals surface area (Å²) in [5.41, 5.74) is 1.95. The lowest BCUT2D eigenvalue weighted by atomic mass is 10.5. The number of anilines is 1. The highest BCUT2D eigenvalue weighted by molar-refractivity contribution is 8.00. The average Bonchev–Trinajstić information content (AvgIpc) is 3.10. The van der Waals surface area contributed by atoms with Crippen molar-refractivity contribution in [3.05, 3.63) is 36.3 Å². The first-order chi connectivity index (χ1) is 11.2. The maximum atomic E-state index is 11.8. The SMILES string of the molecule is CC(=O)N(c1nnc(SCc2cn3ccccc3n2)s1)C1CC1. The van der Waals surface area contributed by atoms with Crippen LogP contribution in [-0.4, -0.2) is 31.5 Å². The maximum Gasteiger partial charge on any atom is 0.225 e. The molecule has 3 heterocycles. The number of aromatic nitrogens is 4. The second kappa shape index (κ2) is 5.93. The van der Waals surface area contributed by atoms with Gasteiger partial charge in [-0.25, -0.2) is 4.98 Å². The van der Waals surface area contributed by atoms with Crippen molar-refractivity contribution in [1.82, 2.24) is 19.6 Å². The Kier molecular flexibility index (Phi) is 3.78. The molecule has 1 fully saturated rings. The highest BCUT2D eigenvalue weighted by Gasteiger charge is 2.34. The fraction of sp³-hybridized carbons (Fsp3) is 0.333. The van der Waals surface area contributed by atoms with E-state index in [0.29, 0.717) is 11.2 Å². The molecule has 0 N–H and O–H groups in total. The number of fused-ring (bicyclic) bond motifs is 1. The van der Waals surface area contributed by atoms with Gasteiger partial charge < -0.3 is 4.40 Å². The van der Waals surface area contributed by atoms with E-state index in [9.17, 15) is 4.79 Å². The zero-order valence-electron chi connectivity index (χ0n) is 12.5. The second-order valence-electron chi connectivity index (χ2n) is 5.46. The molecule has 1 saturated carbocycles. The molecule has 1 amide bonds. The molecule has 4 rings (SSSR count). The third-order valence-electron chi connectivity index (χ3n) is 3.61. The first-order valence-electron chi connectivity index (χ1n) is 7.39. The van der Waals surface area contributed by atoms with Gasteiger partial charge in [-0.3, -0.25) is 9.69 Å². The molecule has 23 heavy (non-hydrogen) atoms. The summed E-state index contributed by atoms with van der Waals surface area (Å²) in [4.78, 5) is 18.1. The average molecular weight is 345 g/mol. The smallest absolute Gasteiger partial charge is 0.225 e. The monoisotopic (exact) mass is 345 g/mol. The Bertz CT molecular complexity index is 821. The van der Waals surface area contributed by atoms with Crippen LogP contribution in [0.2, 0.25) is 0 Å². The van der Waals surface area contributed by atoms with Gasteiger partial charge in [0.25, 0.3) is 0 Å². The molecule has 0 aliphatic heterocycles. The van der Waals surface area contributed by atoms with E-state index in [4.69, 9.17) is 0 Å². The number of nitrogens with zero attached hydrogens (tertiary/aromatic N) is 5. The predicted molar refractivity (Wildman–Crippen MR) is 90.8 cm³/mol. The number of carbonyl (C=O) groups is 1. The Morgan fingerprint density at radius 2 is 2.30 bits per heavy atom. The van der Waals surface area contributed by atoms with Crippen molar-refractivity contribution < 1.29 is 4.79 Å². The van der Waals surface area contributed by atoms with Crippen LogP contribution in [0.1, 0.15) is 25.5 Å². The predicted octanol–water partition coefficient (Wildman–Crippen LogP) is 2.99. The standard InChI is InChI=1S/C15H15N5OS2/c1-10(21)20(12-5-6-12)14-17-18-15(23-14)22-9-11-8-19-7-3-2-4-13(19)16-11/h2-4,7-8,12H,5-6,9H2,1H3. The third-order valence-corrected chi connectivity index (χ3v) is 5.70. The first-order valence-corrected chi connectivity index (χ1v) is 9.19. The Morgan fingerprint density at radius 1 is 1.43 bits per heavy atom. The van der Waals surface area contributed by atoms with Crippen LogP contribution in [0.25, 0.3) is 5.65 Å². The van der Waals surface area contributed by atoms with Crippen LogP contribution in [0.15, 0.2) is 34.9 Å². The normalized spacial score (nSPS) is 14.3. The Labute approximate surface area is 141 Å². The topological polar surface area (TPSA) is 63.4 Å².